The third kappa shape index (κ3) is 4.45. The van der Waals surface area contributed by atoms with Crippen LogP contribution in [-0.4, -0.2) is 99.3 Å². The number of ether oxygens (including phenoxy) is 1. The first-order valence-electron chi connectivity index (χ1n) is 10.4. The summed E-state index contributed by atoms with van der Waals surface area (Å²) in [7, 11) is 2.17. The molecule has 0 N–H and O–H groups in total. The molecule has 3 aliphatic heterocycles. The van der Waals surface area contributed by atoms with Gasteiger partial charge in [0.1, 0.15) is 0 Å². The summed E-state index contributed by atoms with van der Waals surface area (Å²) in [6, 6.07) is 8.73. The van der Waals surface area contributed by atoms with Crippen LogP contribution in [0.15, 0.2) is 24.3 Å². The van der Waals surface area contributed by atoms with E-state index >= 15 is 0 Å². The van der Waals surface area contributed by atoms with Gasteiger partial charge in [-0.3, -0.25) is 9.69 Å². The van der Waals surface area contributed by atoms with Crippen molar-refractivity contribution in [3.8, 4) is 0 Å². The van der Waals surface area contributed by atoms with Crippen LogP contribution < -0.4 is 4.90 Å². The molecular formula is C21H32N4O2. The zero-order valence-electron chi connectivity index (χ0n) is 16.5. The maximum Gasteiger partial charge on any atom is 0.253 e. The van der Waals surface area contributed by atoms with Crippen molar-refractivity contribution in [1.82, 2.24) is 14.7 Å². The van der Waals surface area contributed by atoms with Crippen molar-refractivity contribution in [3.05, 3.63) is 29.8 Å². The molecule has 3 aliphatic rings. The Hall–Kier alpha value is -1.63. The molecule has 27 heavy (non-hydrogen) atoms. The number of likely N-dealkylation sites (tertiary alicyclic amines) is 1. The van der Waals surface area contributed by atoms with Crippen molar-refractivity contribution in [2.75, 3.05) is 77.5 Å². The number of benzene rings is 1. The molecule has 0 bridgehead atoms. The maximum atomic E-state index is 13.0. The largest absolute Gasteiger partial charge is 0.379 e. The number of piperidine rings is 1. The minimum Gasteiger partial charge on any atom is -0.379 e. The Morgan fingerprint density at radius 2 is 1.67 bits per heavy atom. The van der Waals surface area contributed by atoms with Gasteiger partial charge in [0.05, 0.1) is 13.2 Å². The van der Waals surface area contributed by atoms with Gasteiger partial charge in [-0.15, -0.1) is 0 Å². The summed E-state index contributed by atoms with van der Waals surface area (Å²) < 4.78 is 5.47. The molecule has 4 rings (SSSR count). The third-order valence-electron chi connectivity index (χ3n) is 6.23. The van der Waals surface area contributed by atoms with Crippen LogP contribution in [-0.2, 0) is 4.74 Å². The minimum absolute atomic E-state index is 0.179. The molecular weight excluding hydrogens is 340 g/mol. The topological polar surface area (TPSA) is 39.3 Å². The number of anilines is 1. The second-order valence-corrected chi connectivity index (χ2v) is 8.03. The number of hydrogen-bond acceptors (Lipinski definition) is 5. The molecule has 0 aliphatic carbocycles. The lowest BCUT2D eigenvalue weighted by Gasteiger charge is -2.41. The Morgan fingerprint density at radius 3 is 2.37 bits per heavy atom. The average molecular weight is 373 g/mol. The van der Waals surface area contributed by atoms with Crippen molar-refractivity contribution in [3.63, 3.8) is 0 Å². The van der Waals surface area contributed by atoms with Crippen molar-refractivity contribution < 1.29 is 9.53 Å². The van der Waals surface area contributed by atoms with Crippen LogP contribution in [0, 0.1) is 0 Å². The fraction of sp³-hybridized carbons (Fsp3) is 0.667. The van der Waals surface area contributed by atoms with Gasteiger partial charge in [-0.25, -0.2) is 0 Å². The van der Waals surface area contributed by atoms with Gasteiger partial charge in [-0.2, -0.15) is 0 Å². The normalized spacial score (nSPS) is 25.6. The first-order valence-corrected chi connectivity index (χ1v) is 10.4. The number of hydrogen-bond donors (Lipinski definition) is 0. The molecule has 6 nitrogen and oxygen atoms in total. The number of nitrogens with zero attached hydrogens (tertiary/aromatic N) is 4. The standard InChI is InChI=1S/C21H32N4O2/c1-22-9-11-23(12-10-22)19-6-4-18(5-7-19)21(26)25-8-2-3-20(17-25)24-13-15-27-16-14-24/h4-7,20H,2-3,8-17H2,1H3. The van der Waals surface area contributed by atoms with Crippen molar-refractivity contribution in [1.29, 1.82) is 0 Å². The number of amides is 1. The summed E-state index contributed by atoms with van der Waals surface area (Å²) in [5, 5.41) is 0. The van der Waals surface area contributed by atoms with Gasteiger partial charge in [0.2, 0.25) is 0 Å². The summed E-state index contributed by atoms with van der Waals surface area (Å²) in [5.74, 6) is 0.179. The fourth-order valence-corrected chi connectivity index (χ4v) is 4.44. The lowest BCUT2D eigenvalue weighted by molar-refractivity contribution is -0.00120. The fourth-order valence-electron chi connectivity index (χ4n) is 4.44. The molecule has 6 heteroatoms. The number of piperazine rings is 1. The summed E-state index contributed by atoms with van der Waals surface area (Å²) >= 11 is 0. The van der Waals surface area contributed by atoms with Gasteiger partial charge in [-0.05, 0) is 44.2 Å². The van der Waals surface area contributed by atoms with Gasteiger partial charge >= 0.3 is 0 Å². The van der Waals surface area contributed by atoms with E-state index in [1.54, 1.807) is 0 Å². The summed E-state index contributed by atoms with van der Waals surface area (Å²) in [6.45, 7) is 9.64. The lowest BCUT2D eigenvalue weighted by atomic mass is 10.0. The minimum atomic E-state index is 0.179. The molecule has 3 fully saturated rings. The van der Waals surface area contributed by atoms with E-state index in [1.807, 2.05) is 12.1 Å². The van der Waals surface area contributed by atoms with E-state index in [9.17, 15) is 4.79 Å². The highest BCUT2D eigenvalue weighted by Crippen LogP contribution is 2.21. The van der Waals surface area contributed by atoms with Crippen LogP contribution in [0.2, 0.25) is 0 Å². The predicted molar refractivity (Wildman–Crippen MR) is 107 cm³/mol. The smallest absolute Gasteiger partial charge is 0.253 e. The molecule has 1 atom stereocenters. The SMILES string of the molecule is CN1CCN(c2ccc(C(=O)N3CCCC(N4CCOCC4)C3)cc2)CC1. The zero-order valence-corrected chi connectivity index (χ0v) is 16.5. The number of morpholine rings is 1. The van der Waals surface area contributed by atoms with Crippen LogP contribution in [0.25, 0.3) is 0 Å². The van der Waals surface area contributed by atoms with Crippen molar-refractivity contribution >= 4 is 11.6 Å². The van der Waals surface area contributed by atoms with E-state index in [1.165, 1.54) is 12.1 Å². The maximum absolute atomic E-state index is 13.0. The first kappa shape index (κ1) is 18.7. The molecule has 1 unspecified atom stereocenters. The molecule has 0 aromatic heterocycles. The van der Waals surface area contributed by atoms with Gasteiger partial charge in [0, 0.05) is 69.7 Å². The van der Waals surface area contributed by atoms with Gasteiger partial charge < -0.3 is 19.4 Å². The third-order valence-corrected chi connectivity index (χ3v) is 6.23. The van der Waals surface area contributed by atoms with Crippen LogP contribution in [0.3, 0.4) is 0 Å². The highest BCUT2D eigenvalue weighted by atomic mass is 16.5. The summed E-state index contributed by atoms with van der Waals surface area (Å²) in [5.41, 5.74) is 2.04. The quantitative estimate of drug-likeness (QED) is 0.802. The average Bonchev–Trinajstić information content (AvgIpc) is 2.75. The Kier molecular flexibility index (Phi) is 5.95. The number of rotatable bonds is 3. The van der Waals surface area contributed by atoms with E-state index in [0.717, 1.165) is 77.6 Å². The van der Waals surface area contributed by atoms with Crippen molar-refractivity contribution in [2.45, 2.75) is 18.9 Å². The summed E-state index contributed by atoms with van der Waals surface area (Å²) in [6.07, 6.45) is 2.28. The zero-order chi connectivity index (χ0) is 18.6. The van der Waals surface area contributed by atoms with Gasteiger partial charge in [0.25, 0.3) is 5.91 Å². The second-order valence-electron chi connectivity index (χ2n) is 8.03. The molecule has 0 radical (unpaired) electrons. The Balaban J connectivity index is 1.37. The second kappa shape index (κ2) is 8.59. The summed E-state index contributed by atoms with van der Waals surface area (Å²) in [4.78, 5) is 22.3. The van der Waals surface area contributed by atoms with E-state index in [-0.39, 0.29) is 5.91 Å². The number of carbonyl (C=O) groups is 1. The van der Waals surface area contributed by atoms with E-state index in [4.69, 9.17) is 4.74 Å². The first-order chi connectivity index (χ1) is 13.2. The predicted octanol–water partition coefficient (Wildman–Crippen LogP) is 1.38. The van der Waals surface area contributed by atoms with Crippen molar-refractivity contribution in [2.24, 2.45) is 0 Å². The highest BCUT2D eigenvalue weighted by Gasteiger charge is 2.29. The van der Waals surface area contributed by atoms with Gasteiger partial charge in [0.15, 0.2) is 0 Å². The Labute approximate surface area is 162 Å². The van der Waals surface area contributed by atoms with Crippen LogP contribution in [0.4, 0.5) is 5.69 Å². The molecule has 3 heterocycles. The van der Waals surface area contributed by atoms with Crippen LogP contribution >= 0.6 is 0 Å². The van der Waals surface area contributed by atoms with E-state index in [2.05, 4.69) is 38.8 Å². The Morgan fingerprint density at radius 1 is 0.963 bits per heavy atom. The molecule has 148 valence electrons. The molecule has 1 amide bonds. The number of likely N-dealkylation sites (N-methyl/N-ethyl adjacent to an activating group) is 1. The van der Waals surface area contributed by atoms with E-state index in [0.29, 0.717) is 6.04 Å². The van der Waals surface area contributed by atoms with Crippen LogP contribution in [0.1, 0.15) is 23.2 Å². The number of carbonyl (C=O) groups excluding carboxylic acids is 1. The van der Waals surface area contributed by atoms with E-state index < -0.39 is 0 Å². The molecule has 1 aromatic rings. The highest BCUT2D eigenvalue weighted by molar-refractivity contribution is 5.94. The molecule has 3 saturated heterocycles. The lowest BCUT2D eigenvalue weighted by Crippen LogP contribution is -2.52. The monoisotopic (exact) mass is 372 g/mol. The molecule has 0 saturated carbocycles. The van der Waals surface area contributed by atoms with Gasteiger partial charge in [-0.1, -0.05) is 0 Å². The molecule has 1 aromatic carbocycles. The molecule has 0 spiro atoms. The van der Waals surface area contributed by atoms with Crippen LogP contribution in [0.5, 0.6) is 0 Å². The Bertz CT molecular complexity index is 622.